The van der Waals surface area contributed by atoms with Crippen LogP contribution >= 0.6 is 0 Å². The Labute approximate surface area is 110 Å². The van der Waals surface area contributed by atoms with E-state index in [2.05, 4.69) is 5.32 Å². The minimum Gasteiger partial charge on any atom is -0.317 e. The molecule has 5 nitrogen and oxygen atoms in total. The molecule has 1 aliphatic carbocycles. The summed E-state index contributed by atoms with van der Waals surface area (Å²) >= 11 is 0. The SMILES string of the molecule is NS(=O)(=O)N(CC1CCCCC1)C1CCNCC1. The largest absolute Gasteiger partial charge is 0.317 e. The standard InChI is InChI=1S/C12H25N3O2S/c13-18(16,17)15(12-6-8-14-9-7-12)10-11-4-2-1-3-5-11/h11-12,14H,1-10H2,(H2,13,16,17). The molecule has 0 aromatic rings. The van der Waals surface area contributed by atoms with Crippen LogP contribution < -0.4 is 10.5 Å². The van der Waals surface area contributed by atoms with E-state index in [1.807, 2.05) is 0 Å². The number of piperidine rings is 1. The molecule has 1 saturated carbocycles. The van der Waals surface area contributed by atoms with Gasteiger partial charge in [0.2, 0.25) is 0 Å². The summed E-state index contributed by atoms with van der Waals surface area (Å²) in [6.07, 6.45) is 7.81. The molecule has 0 aromatic carbocycles. The Morgan fingerprint density at radius 2 is 1.67 bits per heavy atom. The van der Waals surface area contributed by atoms with Crippen molar-refractivity contribution >= 4 is 10.2 Å². The van der Waals surface area contributed by atoms with Crippen LogP contribution in [0.5, 0.6) is 0 Å². The van der Waals surface area contributed by atoms with Crippen molar-refractivity contribution in [3.05, 3.63) is 0 Å². The molecule has 1 heterocycles. The van der Waals surface area contributed by atoms with E-state index in [-0.39, 0.29) is 6.04 Å². The van der Waals surface area contributed by atoms with Crippen LogP contribution in [0, 0.1) is 5.92 Å². The average molecular weight is 275 g/mol. The van der Waals surface area contributed by atoms with Crippen LogP contribution in [0.3, 0.4) is 0 Å². The summed E-state index contributed by atoms with van der Waals surface area (Å²) in [5.41, 5.74) is 0. The number of nitrogens with zero attached hydrogens (tertiary/aromatic N) is 1. The number of hydrogen-bond donors (Lipinski definition) is 2. The molecule has 0 spiro atoms. The predicted octanol–water partition coefficient (Wildman–Crippen LogP) is 0.824. The molecule has 2 fully saturated rings. The fourth-order valence-corrected chi connectivity index (χ4v) is 4.22. The summed E-state index contributed by atoms with van der Waals surface area (Å²) < 4.78 is 25.1. The van der Waals surface area contributed by atoms with Gasteiger partial charge in [0.1, 0.15) is 0 Å². The highest BCUT2D eigenvalue weighted by Gasteiger charge is 2.31. The van der Waals surface area contributed by atoms with Crippen LogP contribution in [-0.4, -0.2) is 38.4 Å². The maximum absolute atomic E-state index is 11.8. The van der Waals surface area contributed by atoms with E-state index >= 15 is 0 Å². The van der Waals surface area contributed by atoms with Crippen molar-refractivity contribution in [3.8, 4) is 0 Å². The van der Waals surface area contributed by atoms with Gasteiger partial charge in [0.05, 0.1) is 0 Å². The Hall–Kier alpha value is -0.170. The molecule has 0 atom stereocenters. The van der Waals surface area contributed by atoms with E-state index in [4.69, 9.17) is 5.14 Å². The molecule has 0 bridgehead atoms. The van der Waals surface area contributed by atoms with E-state index < -0.39 is 10.2 Å². The van der Waals surface area contributed by atoms with Gasteiger partial charge in [-0.2, -0.15) is 12.7 Å². The van der Waals surface area contributed by atoms with Gasteiger partial charge in [-0.25, -0.2) is 5.14 Å². The normalized spacial score (nSPS) is 24.6. The first-order chi connectivity index (χ1) is 8.57. The van der Waals surface area contributed by atoms with E-state index in [0.29, 0.717) is 12.5 Å². The van der Waals surface area contributed by atoms with E-state index in [1.54, 1.807) is 4.31 Å². The highest BCUT2D eigenvalue weighted by atomic mass is 32.2. The maximum Gasteiger partial charge on any atom is 0.277 e. The summed E-state index contributed by atoms with van der Waals surface area (Å²) in [5.74, 6) is 0.506. The zero-order chi connectivity index (χ0) is 13.0. The van der Waals surface area contributed by atoms with Gasteiger partial charge in [-0.1, -0.05) is 19.3 Å². The fraction of sp³-hybridized carbons (Fsp3) is 1.00. The zero-order valence-corrected chi connectivity index (χ0v) is 11.8. The van der Waals surface area contributed by atoms with Gasteiger partial charge < -0.3 is 5.32 Å². The summed E-state index contributed by atoms with van der Waals surface area (Å²) in [7, 11) is -3.56. The first-order valence-corrected chi connectivity index (χ1v) is 8.58. The van der Waals surface area contributed by atoms with Gasteiger partial charge in [0, 0.05) is 12.6 Å². The lowest BCUT2D eigenvalue weighted by atomic mass is 9.89. The summed E-state index contributed by atoms with van der Waals surface area (Å²) in [4.78, 5) is 0. The smallest absolute Gasteiger partial charge is 0.277 e. The van der Waals surface area contributed by atoms with Crippen molar-refractivity contribution < 1.29 is 8.42 Å². The highest BCUT2D eigenvalue weighted by Crippen LogP contribution is 2.26. The molecule has 1 aliphatic heterocycles. The molecule has 106 valence electrons. The van der Waals surface area contributed by atoms with Crippen LogP contribution in [0.25, 0.3) is 0 Å². The second kappa shape index (κ2) is 6.32. The van der Waals surface area contributed by atoms with Crippen LogP contribution in [0.1, 0.15) is 44.9 Å². The topological polar surface area (TPSA) is 75.4 Å². The quantitative estimate of drug-likeness (QED) is 0.798. The third-order valence-corrected chi connectivity index (χ3v) is 5.31. The molecule has 1 saturated heterocycles. The Kier molecular flexibility index (Phi) is 5.00. The van der Waals surface area contributed by atoms with E-state index in [9.17, 15) is 8.42 Å². The Morgan fingerprint density at radius 3 is 2.22 bits per heavy atom. The Morgan fingerprint density at radius 1 is 1.06 bits per heavy atom. The molecule has 6 heteroatoms. The van der Waals surface area contributed by atoms with Crippen LogP contribution in [0.2, 0.25) is 0 Å². The first kappa shape index (κ1) is 14.2. The van der Waals surface area contributed by atoms with Crippen molar-refractivity contribution in [2.75, 3.05) is 19.6 Å². The van der Waals surface area contributed by atoms with Crippen molar-refractivity contribution in [2.45, 2.75) is 51.0 Å². The predicted molar refractivity (Wildman–Crippen MR) is 72.3 cm³/mol. The second-order valence-corrected chi connectivity index (χ2v) is 7.10. The average Bonchev–Trinajstić information content (AvgIpc) is 2.37. The molecule has 3 N–H and O–H groups in total. The monoisotopic (exact) mass is 275 g/mol. The molecular formula is C12H25N3O2S. The Balaban J connectivity index is 2.00. The summed E-state index contributed by atoms with van der Waals surface area (Å²) in [5, 5.41) is 8.67. The van der Waals surface area contributed by atoms with Gasteiger partial charge in [-0.05, 0) is 44.7 Å². The molecule has 0 radical (unpaired) electrons. The zero-order valence-electron chi connectivity index (χ0n) is 11.0. The number of nitrogens with one attached hydrogen (secondary N) is 1. The molecule has 0 unspecified atom stereocenters. The second-order valence-electron chi connectivity index (χ2n) is 5.60. The van der Waals surface area contributed by atoms with Crippen LogP contribution in [0.4, 0.5) is 0 Å². The van der Waals surface area contributed by atoms with E-state index in [0.717, 1.165) is 38.8 Å². The fourth-order valence-electron chi connectivity index (χ4n) is 3.18. The lowest BCUT2D eigenvalue weighted by Gasteiger charge is -2.35. The van der Waals surface area contributed by atoms with Crippen molar-refractivity contribution in [3.63, 3.8) is 0 Å². The Bertz CT molecular complexity index is 346. The first-order valence-electron chi connectivity index (χ1n) is 7.07. The highest BCUT2D eigenvalue weighted by molar-refractivity contribution is 7.86. The van der Waals surface area contributed by atoms with Crippen LogP contribution in [-0.2, 0) is 10.2 Å². The van der Waals surface area contributed by atoms with Crippen LogP contribution in [0.15, 0.2) is 0 Å². The lowest BCUT2D eigenvalue weighted by molar-refractivity contribution is 0.209. The van der Waals surface area contributed by atoms with Gasteiger partial charge in [-0.15, -0.1) is 0 Å². The van der Waals surface area contributed by atoms with Crippen molar-refractivity contribution in [1.82, 2.24) is 9.62 Å². The van der Waals surface area contributed by atoms with Gasteiger partial charge in [0.15, 0.2) is 0 Å². The molecule has 0 amide bonds. The summed E-state index contributed by atoms with van der Waals surface area (Å²) in [6.45, 7) is 2.41. The van der Waals surface area contributed by atoms with Crippen molar-refractivity contribution in [1.29, 1.82) is 0 Å². The third-order valence-electron chi connectivity index (χ3n) is 4.21. The molecule has 2 rings (SSSR count). The molecule has 18 heavy (non-hydrogen) atoms. The number of nitrogens with two attached hydrogens (primary N) is 1. The van der Waals surface area contributed by atoms with Gasteiger partial charge in [-0.3, -0.25) is 0 Å². The number of hydrogen-bond acceptors (Lipinski definition) is 3. The minimum absolute atomic E-state index is 0.100. The molecule has 0 aromatic heterocycles. The molecular weight excluding hydrogens is 250 g/mol. The summed E-state index contributed by atoms with van der Waals surface area (Å²) in [6, 6.07) is 0.100. The minimum atomic E-state index is -3.56. The van der Waals surface area contributed by atoms with Gasteiger partial charge >= 0.3 is 0 Å². The van der Waals surface area contributed by atoms with Crippen molar-refractivity contribution in [2.24, 2.45) is 11.1 Å². The maximum atomic E-state index is 11.8. The number of rotatable bonds is 4. The lowest BCUT2D eigenvalue weighted by Crippen LogP contribution is -2.50. The third kappa shape index (κ3) is 3.91. The van der Waals surface area contributed by atoms with Gasteiger partial charge in [0.25, 0.3) is 10.2 Å². The van der Waals surface area contributed by atoms with E-state index in [1.165, 1.54) is 19.3 Å². The molecule has 2 aliphatic rings.